The SMILES string of the molecule is CN(c1nc(-c2ccc(F)cc2)c(C#N)s1)c1c2c(nc3c(F)cc(N4CC5(CN(C(=O)C(C)(C)O)C5)C4)cc13)C(C)(O)CC2. The lowest BCUT2D eigenvalue weighted by Gasteiger charge is -2.61. The normalized spacial score (nSPS) is 20.2. The van der Waals surface area contributed by atoms with Crippen LogP contribution in [0.2, 0.25) is 0 Å². The lowest BCUT2D eigenvalue weighted by Crippen LogP contribution is -2.74. The lowest BCUT2D eigenvalue weighted by molar-refractivity contribution is -0.162. The van der Waals surface area contributed by atoms with Gasteiger partial charge in [-0.15, -0.1) is 0 Å². The first-order chi connectivity index (χ1) is 21.2. The maximum atomic E-state index is 15.9. The van der Waals surface area contributed by atoms with Gasteiger partial charge in [-0.25, -0.2) is 18.7 Å². The van der Waals surface area contributed by atoms with Crippen LogP contribution in [0.15, 0.2) is 36.4 Å². The number of thiazole rings is 1. The minimum atomic E-state index is -1.42. The molecule has 2 aromatic heterocycles. The predicted molar refractivity (Wildman–Crippen MR) is 167 cm³/mol. The van der Waals surface area contributed by atoms with Crippen LogP contribution in [0.25, 0.3) is 22.2 Å². The maximum absolute atomic E-state index is 15.9. The van der Waals surface area contributed by atoms with Crippen molar-refractivity contribution in [2.45, 2.75) is 44.8 Å². The zero-order valence-corrected chi connectivity index (χ0v) is 26.2. The van der Waals surface area contributed by atoms with E-state index in [2.05, 4.69) is 16.0 Å². The molecule has 1 spiro atoms. The summed E-state index contributed by atoms with van der Waals surface area (Å²) in [5, 5.41) is 32.2. The molecule has 0 radical (unpaired) electrons. The van der Waals surface area contributed by atoms with E-state index in [1.165, 1.54) is 43.4 Å². The number of halogens is 2. The Morgan fingerprint density at radius 3 is 2.47 bits per heavy atom. The van der Waals surface area contributed by atoms with E-state index in [0.717, 1.165) is 5.56 Å². The fourth-order valence-electron chi connectivity index (χ4n) is 6.93. The highest BCUT2D eigenvalue weighted by molar-refractivity contribution is 7.16. The Hall–Kier alpha value is -4.18. The Balaban J connectivity index is 1.27. The number of rotatable bonds is 5. The monoisotopic (exact) mass is 630 g/mol. The van der Waals surface area contributed by atoms with Crippen LogP contribution < -0.4 is 9.80 Å². The number of benzene rings is 2. The van der Waals surface area contributed by atoms with Crippen molar-refractivity contribution in [1.29, 1.82) is 5.26 Å². The van der Waals surface area contributed by atoms with E-state index in [4.69, 9.17) is 4.98 Å². The summed E-state index contributed by atoms with van der Waals surface area (Å²) in [5.41, 5.74) is 1.00. The van der Waals surface area contributed by atoms with E-state index >= 15 is 4.39 Å². The van der Waals surface area contributed by atoms with Crippen molar-refractivity contribution in [2.75, 3.05) is 43.0 Å². The highest BCUT2D eigenvalue weighted by Gasteiger charge is 2.54. The van der Waals surface area contributed by atoms with Gasteiger partial charge in [0.15, 0.2) is 10.9 Å². The molecule has 1 unspecified atom stereocenters. The Morgan fingerprint density at radius 1 is 1.13 bits per heavy atom. The maximum Gasteiger partial charge on any atom is 0.253 e. The van der Waals surface area contributed by atoms with Crippen molar-refractivity contribution in [3.63, 3.8) is 0 Å². The number of amides is 1. The molecule has 2 N–H and O–H groups in total. The highest BCUT2D eigenvalue weighted by Crippen LogP contribution is 2.49. The van der Waals surface area contributed by atoms with E-state index in [9.17, 15) is 24.7 Å². The smallest absolute Gasteiger partial charge is 0.253 e. The lowest BCUT2D eigenvalue weighted by atomic mass is 9.72. The van der Waals surface area contributed by atoms with Gasteiger partial charge in [0.25, 0.3) is 5.91 Å². The summed E-state index contributed by atoms with van der Waals surface area (Å²) in [4.78, 5) is 27.8. The zero-order valence-electron chi connectivity index (χ0n) is 25.4. The van der Waals surface area contributed by atoms with Gasteiger partial charge in [-0.3, -0.25) is 4.79 Å². The molecule has 9 nitrogen and oxygen atoms in total. The average Bonchev–Trinajstić information content (AvgIpc) is 3.50. The first-order valence-electron chi connectivity index (χ1n) is 14.8. The van der Waals surface area contributed by atoms with E-state index in [1.807, 2.05) is 18.0 Å². The first-order valence-corrected chi connectivity index (χ1v) is 15.6. The van der Waals surface area contributed by atoms with Gasteiger partial charge in [0.1, 0.15) is 39.2 Å². The first kappa shape index (κ1) is 29.5. The molecule has 4 aromatic rings. The van der Waals surface area contributed by atoms with Crippen LogP contribution >= 0.6 is 11.3 Å². The van der Waals surface area contributed by atoms with Crippen LogP contribution in [0.1, 0.15) is 43.3 Å². The number of anilines is 3. The number of carbonyl (C=O) groups is 1. The number of nitriles is 1. The van der Waals surface area contributed by atoms with Gasteiger partial charge < -0.3 is 24.9 Å². The van der Waals surface area contributed by atoms with Crippen LogP contribution in [0.3, 0.4) is 0 Å². The molecule has 7 rings (SSSR count). The molecule has 1 aliphatic carbocycles. The Bertz CT molecular complexity index is 1910. The van der Waals surface area contributed by atoms with Crippen molar-refractivity contribution >= 4 is 44.7 Å². The Labute approximate surface area is 263 Å². The standard InChI is InChI=1S/C33H32F2N6O3S/c1-31(2,43)29(42)41-16-33(17-41)14-40(15-33)20-11-22-26(23(35)12-20)37-28-21(9-10-32(28,3)44)27(22)39(4)30-38-25(24(13-36)45-30)18-5-7-19(34)8-6-18/h5-8,11-12,43-44H,9-10,14-17H2,1-4H3. The molecule has 0 bridgehead atoms. The second-order valence-corrected chi connectivity index (χ2v) is 14.3. The van der Waals surface area contributed by atoms with E-state index in [-0.39, 0.29) is 22.7 Å². The average molecular weight is 631 g/mol. The number of likely N-dealkylation sites (tertiary alicyclic amines) is 1. The van der Waals surface area contributed by atoms with Gasteiger partial charge >= 0.3 is 0 Å². The molecule has 2 aliphatic heterocycles. The quantitative estimate of drug-likeness (QED) is 0.322. The number of pyridine rings is 1. The van der Waals surface area contributed by atoms with Crippen LogP contribution in [-0.4, -0.2) is 69.8 Å². The summed E-state index contributed by atoms with van der Waals surface area (Å²) in [6.07, 6.45) is 0.952. The molecule has 2 saturated heterocycles. The summed E-state index contributed by atoms with van der Waals surface area (Å²) in [7, 11) is 1.81. The minimum absolute atomic E-state index is 0.0911. The van der Waals surface area contributed by atoms with Crippen LogP contribution in [0.4, 0.5) is 25.3 Å². The van der Waals surface area contributed by atoms with Crippen molar-refractivity contribution in [1.82, 2.24) is 14.9 Å². The molecular formula is C33H32F2N6O3S. The number of carbonyl (C=O) groups excluding carboxylic acids is 1. The molecule has 12 heteroatoms. The van der Waals surface area contributed by atoms with Crippen molar-refractivity contribution in [3.8, 4) is 17.3 Å². The van der Waals surface area contributed by atoms with Crippen LogP contribution in [0, 0.1) is 28.4 Å². The second-order valence-electron chi connectivity index (χ2n) is 13.3. The van der Waals surface area contributed by atoms with Crippen molar-refractivity contribution in [3.05, 3.63) is 64.2 Å². The molecule has 232 valence electrons. The Morgan fingerprint density at radius 2 is 1.82 bits per heavy atom. The van der Waals surface area contributed by atoms with E-state index in [1.54, 1.807) is 24.0 Å². The zero-order chi connectivity index (χ0) is 32.1. The van der Waals surface area contributed by atoms with Gasteiger partial charge in [-0.1, -0.05) is 11.3 Å². The van der Waals surface area contributed by atoms with Gasteiger partial charge in [0.2, 0.25) is 0 Å². The number of aromatic nitrogens is 2. The predicted octanol–water partition coefficient (Wildman–Crippen LogP) is 4.85. The van der Waals surface area contributed by atoms with Gasteiger partial charge in [-0.2, -0.15) is 5.26 Å². The molecule has 2 fully saturated rings. The molecule has 1 atom stereocenters. The fraction of sp³-hybridized carbons (Fsp3) is 0.394. The molecule has 2 aromatic carbocycles. The third kappa shape index (κ3) is 4.72. The molecular weight excluding hydrogens is 598 g/mol. The summed E-state index contributed by atoms with van der Waals surface area (Å²) in [6, 6.07) is 11.4. The van der Waals surface area contributed by atoms with Crippen LogP contribution in [0.5, 0.6) is 0 Å². The van der Waals surface area contributed by atoms with Crippen molar-refractivity contribution in [2.24, 2.45) is 5.41 Å². The number of aliphatic hydroxyl groups is 2. The molecule has 1 amide bonds. The van der Waals surface area contributed by atoms with Crippen molar-refractivity contribution < 1.29 is 23.8 Å². The number of hydrogen-bond acceptors (Lipinski definition) is 9. The third-order valence-electron chi connectivity index (χ3n) is 9.21. The number of nitrogens with zero attached hydrogens (tertiary/aromatic N) is 6. The molecule has 4 heterocycles. The molecule has 0 saturated carbocycles. The topological polar surface area (TPSA) is 117 Å². The minimum Gasteiger partial charge on any atom is -0.384 e. The van der Waals surface area contributed by atoms with E-state index < -0.39 is 17.0 Å². The van der Waals surface area contributed by atoms with E-state index in [0.29, 0.717) is 82.7 Å². The number of fused-ring (bicyclic) bond motifs is 2. The van der Waals surface area contributed by atoms with Gasteiger partial charge in [0.05, 0.1) is 11.4 Å². The Kier molecular flexibility index (Phi) is 6.50. The largest absolute Gasteiger partial charge is 0.384 e. The number of hydrogen-bond donors (Lipinski definition) is 2. The van der Waals surface area contributed by atoms with Gasteiger partial charge in [0, 0.05) is 60.8 Å². The third-order valence-corrected chi connectivity index (χ3v) is 10.2. The summed E-state index contributed by atoms with van der Waals surface area (Å²) < 4.78 is 29.6. The van der Waals surface area contributed by atoms with Gasteiger partial charge in [-0.05, 0) is 70.0 Å². The summed E-state index contributed by atoms with van der Waals surface area (Å²) >= 11 is 1.18. The summed E-state index contributed by atoms with van der Waals surface area (Å²) in [5.74, 6) is -1.20. The summed E-state index contributed by atoms with van der Waals surface area (Å²) in [6.45, 7) is 7.03. The van der Waals surface area contributed by atoms with Crippen LogP contribution in [-0.2, 0) is 16.8 Å². The second kappa shape index (κ2) is 9.91. The molecule has 45 heavy (non-hydrogen) atoms. The highest BCUT2D eigenvalue weighted by atomic mass is 32.1. The molecule has 3 aliphatic rings. The fourth-order valence-corrected chi connectivity index (χ4v) is 7.79.